The van der Waals surface area contributed by atoms with E-state index < -0.39 is 5.96 Å². The molecule has 0 aliphatic heterocycles. The number of hydrogen-bond acceptors (Lipinski definition) is 2. The monoisotopic (exact) mass is 777 g/mol. The first-order valence-corrected chi connectivity index (χ1v) is 24.7. The quantitative estimate of drug-likeness (QED) is 0.0280. The summed E-state index contributed by atoms with van der Waals surface area (Å²) in [5, 5.41) is 4.08. The van der Waals surface area contributed by atoms with Gasteiger partial charge >= 0.3 is 0 Å². The average Bonchev–Trinajstić information content (AvgIpc) is 3.17. The van der Waals surface area contributed by atoms with E-state index in [-0.39, 0.29) is 6.29 Å². The number of benzene rings is 3. The normalized spacial score (nSPS) is 12.0. The number of unbranched alkanes of at least 4 members (excludes halogenated alkanes) is 16. The predicted octanol–water partition coefficient (Wildman–Crippen LogP) is 14.0. The van der Waals surface area contributed by atoms with Crippen molar-refractivity contribution in [3.8, 4) is 0 Å². The molecule has 0 amide bonds. The Morgan fingerprint density at radius 1 is 0.490 bits per heavy atom. The Kier molecular flexibility index (Phi) is 24.6. The van der Waals surface area contributed by atoms with Crippen molar-refractivity contribution in [3.05, 3.63) is 103 Å². The smallest absolute Gasteiger partial charge is 0.181 e. The molecule has 0 unspecified atom stereocenters. The number of halogens is 1. The Balaban J connectivity index is 1.31. The van der Waals surface area contributed by atoms with Crippen molar-refractivity contribution in [1.29, 1.82) is 0 Å². The molecule has 3 aromatic rings. The van der Waals surface area contributed by atoms with Crippen molar-refractivity contribution >= 4 is 37.4 Å². The van der Waals surface area contributed by atoms with Crippen LogP contribution in [0.2, 0.25) is 0 Å². The molecule has 0 radical (unpaired) electrons. The fourth-order valence-corrected chi connectivity index (χ4v) is 11.5. The molecular formula is C47H71BrO2P+. The molecule has 4 heteroatoms. The van der Waals surface area contributed by atoms with Gasteiger partial charge in [0.2, 0.25) is 0 Å². The second kappa shape index (κ2) is 28.7. The van der Waals surface area contributed by atoms with Crippen molar-refractivity contribution in [2.24, 2.45) is 0 Å². The molecule has 0 bridgehead atoms. The van der Waals surface area contributed by atoms with Crippen LogP contribution in [0, 0.1) is 0 Å². The zero-order valence-corrected chi connectivity index (χ0v) is 34.9. The first-order valence-electron chi connectivity index (χ1n) is 20.9. The lowest BCUT2D eigenvalue weighted by Gasteiger charge is -2.20. The van der Waals surface area contributed by atoms with E-state index in [9.17, 15) is 0 Å². The van der Waals surface area contributed by atoms with Crippen LogP contribution in [0.1, 0.15) is 154 Å². The molecule has 0 aromatic heterocycles. The van der Waals surface area contributed by atoms with Crippen molar-refractivity contribution in [1.82, 2.24) is 0 Å². The number of rotatable bonds is 31. The number of hydrogen-bond donors (Lipinski definition) is 0. The van der Waals surface area contributed by atoms with Crippen molar-refractivity contribution < 1.29 is 9.47 Å². The van der Waals surface area contributed by atoms with Gasteiger partial charge in [-0.1, -0.05) is 158 Å². The van der Waals surface area contributed by atoms with Crippen LogP contribution in [0.15, 0.2) is 97.1 Å². The Morgan fingerprint density at radius 3 is 1.43 bits per heavy atom. The Labute approximate surface area is 322 Å². The van der Waals surface area contributed by atoms with Gasteiger partial charge in [-0.15, -0.1) is 0 Å². The number of aryl methyl sites for hydroxylation is 1. The summed E-state index contributed by atoms with van der Waals surface area (Å²) in [7, 11) is 0. The molecule has 51 heavy (non-hydrogen) atoms. The van der Waals surface area contributed by atoms with Gasteiger partial charge in [0, 0.05) is 13.2 Å². The first kappa shape index (κ1) is 43.6. The molecule has 0 saturated heterocycles. The SMILES string of the molecule is CCCCCCCCCOC(CCCCC/C=C\CCCc1ccc([P+](Br)(c2ccccc2)c2ccccc2)cc1)OCCCCCCCCC. The van der Waals surface area contributed by atoms with Gasteiger partial charge in [0.15, 0.2) is 27.7 Å². The highest BCUT2D eigenvalue weighted by atomic mass is 79.9. The molecule has 282 valence electrons. The molecule has 3 aromatic carbocycles. The minimum Gasteiger partial charge on any atom is -0.353 e. The zero-order chi connectivity index (χ0) is 36.1. The Bertz CT molecular complexity index is 1190. The van der Waals surface area contributed by atoms with E-state index in [0.29, 0.717) is 0 Å². The second-order valence-corrected chi connectivity index (χ2v) is 20.3. The summed E-state index contributed by atoms with van der Waals surface area (Å²) in [5.41, 5.74) is 1.42. The summed E-state index contributed by atoms with van der Waals surface area (Å²) in [4.78, 5) is 0. The van der Waals surface area contributed by atoms with E-state index in [0.717, 1.165) is 32.5 Å². The summed E-state index contributed by atoms with van der Waals surface area (Å²) in [5.74, 6) is -1.84. The summed E-state index contributed by atoms with van der Waals surface area (Å²) in [6, 6.07) is 31.2. The lowest BCUT2D eigenvalue weighted by molar-refractivity contribution is -0.148. The third-order valence-corrected chi connectivity index (χ3v) is 16.6. The van der Waals surface area contributed by atoms with E-state index in [1.165, 1.54) is 143 Å². The van der Waals surface area contributed by atoms with E-state index in [2.05, 4.69) is 126 Å². The largest absolute Gasteiger partial charge is 0.353 e. The lowest BCUT2D eigenvalue weighted by atomic mass is 10.1. The number of allylic oxidation sites excluding steroid dienone is 2. The predicted molar refractivity (Wildman–Crippen MR) is 231 cm³/mol. The van der Waals surface area contributed by atoms with Crippen molar-refractivity contribution in [2.75, 3.05) is 13.2 Å². The molecule has 0 aliphatic rings. The Morgan fingerprint density at radius 2 is 0.922 bits per heavy atom. The molecule has 2 nitrogen and oxygen atoms in total. The van der Waals surface area contributed by atoms with Crippen molar-refractivity contribution in [2.45, 2.75) is 161 Å². The molecule has 0 N–H and O–H groups in total. The van der Waals surface area contributed by atoms with Crippen LogP contribution in [0.3, 0.4) is 0 Å². The van der Waals surface area contributed by atoms with Crippen LogP contribution in [0.25, 0.3) is 0 Å². The number of ether oxygens (including phenoxy) is 2. The van der Waals surface area contributed by atoms with Gasteiger partial charge < -0.3 is 9.47 Å². The first-order chi connectivity index (χ1) is 25.2. The summed E-state index contributed by atoms with van der Waals surface area (Å²) >= 11 is 4.28. The lowest BCUT2D eigenvalue weighted by Crippen LogP contribution is -2.26. The third-order valence-electron chi connectivity index (χ3n) is 9.93. The van der Waals surface area contributed by atoms with Crippen LogP contribution >= 0.6 is 21.5 Å². The molecule has 3 rings (SSSR count). The zero-order valence-electron chi connectivity index (χ0n) is 32.4. The summed E-state index contributed by atoms with van der Waals surface area (Å²) < 4.78 is 12.5. The van der Waals surface area contributed by atoms with Crippen LogP contribution in [0.4, 0.5) is 0 Å². The molecule has 0 atom stereocenters. The molecule has 0 spiro atoms. The molecule has 0 aliphatic carbocycles. The molecule has 0 heterocycles. The van der Waals surface area contributed by atoms with Crippen LogP contribution < -0.4 is 15.9 Å². The summed E-state index contributed by atoms with van der Waals surface area (Å²) in [6.45, 7) is 6.27. The van der Waals surface area contributed by atoms with E-state index in [4.69, 9.17) is 9.47 Å². The second-order valence-electron chi connectivity index (χ2n) is 14.3. The van der Waals surface area contributed by atoms with E-state index >= 15 is 0 Å². The molecule has 0 saturated carbocycles. The minimum atomic E-state index is -1.84. The maximum Gasteiger partial charge on any atom is 0.181 e. The van der Waals surface area contributed by atoms with Gasteiger partial charge in [-0.25, -0.2) is 0 Å². The Hall–Kier alpha value is -1.77. The topological polar surface area (TPSA) is 18.5 Å². The fourth-order valence-electron chi connectivity index (χ4n) is 6.75. The van der Waals surface area contributed by atoms with Gasteiger partial charge in [-0.05, 0) is 99.7 Å². The minimum absolute atomic E-state index is 0.0146. The van der Waals surface area contributed by atoms with Crippen LogP contribution in [-0.2, 0) is 15.9 Å². The van der Waals surface area contributed by atoms with Crippen LogP contribution in [0.5, 0.6) is 0 Å². The van der Waals surface area contributed by atoms with Crippen molar-refractivity contribution in [3.63, 3.8) is 0 Å². The summed E-state index contributed by atoms with van der Waals surface area (Å²) in [6.07, 6.45) is 32.6. The van der Waals surface area contributed by atoms with E-state index in [1.807, 2.05) is 0 Å². The van der Waals surface area contributed by atoms with E-state index in [1.54, 1.807) is 0 Å². The average molecular weight is 779 g/mol. The van der Waals surface area contributed by atoms with Crippen LogP contribution in [-0.4, -0.2) is 19.5 Å². The van der Waals surface area contributed by atoms with Gasteiger partial charge in [0.25, 0.3) is 0 Å². The highest BCUT2D eigenvalue weighted by Gasteiger charge is 2.43. The highest BCUT2D eigenvalue weighted by molar-refractivity contribution is 9.44. The maximum atomic E-state index is 6.26. The van der Waals surface area contributed by atoms with Gasteiger partial charge in [-0.3, -0.25) is 0 Å². The molecule has 0 fully saturated rings. The standard InChI is InChI=1S/C47H71BrO2P/c1-3-5-7-9-15-19-29-41-49-47(50-42-30-20-16-10-8-6-4-2)36-28-18-14-12-11-13-17-23-31-43-37-39-46(40-38-43)51(48,44-32-24-21-25-33-44)45-34-26-22-27-35-45/h11,13,21-22,24-27,32-35,37-40,47H,3-10,12,14-20,23,28-31,36,41-42H2,1-2H3/q+1/b13-11-. The molecular weight excluding hydrogens is 707 g/mol. The highest BCUT2D eigenvalue weighted by Crippen LogP contribution is 2.62. The van der Waals surface area contributed by atoms with Gasteiger partial charge in [0.1, 0.15) is 15.9 Å². The fraction of sp³-hybridized carbons (Fsp3) is 0.574. The third kappa shape index (κ3) is 18.2. The van der Waals surface area contributed by atoms with Gasteiger partial charge in [0.05, 0.1) is 0 Å². The maximum absolute atomic E-state index is 6.26. The van der Waals surface area contributed by atoms with Gasteiger partial charge in [-0.2, -0.15) is 0 Å².